The fourth-order valence-corrected chi connectivity index (χ4v) is 1.50. The molecule has 0 saturated heterocycles. The molecule has 0 spiro atoms. The van der Waals surface area contributed by atoms with Crippen LogP contribution in [0.25, 0.3) is 0 Å². The van der Waals surface area contributed by atoms with Crippen molar-refractivity contribution in [3.05, 3.63) is 35.4 Å². The van der Waals surface area contributed by atoms with Crippen LogP contribution in [-0.2, 0) is 10.8 Å². The minimum Gasteiger partial charge on any atom is -0.395 e. The average molecular weight is 206 g/mol. The van der Waals surface area contributed by atoms with Gasteiger partial charge in [0.1, 0.15) is 0 Å². The molecule has 0 unspecified atom stereocenters. The number of aliphatic hydroxyl groups excluding tert-OH is 1. The van der Waals surface area contributed by atoms with Crippen LogP contribution < -0.4 is 0 Å². The predicted octanol–water partition coefficient (Wildman–Crippen LogP) is 3.25. The van der Waals surface area contributed by atoms with Gasteiger partial charge in [-0.3, -0.25) is 0 Å². The first-order valence-electron chi connectivity index (χ1n) is 5.49. The van der Waals surface area contributed by atoms with Crippen molar-refractivity contribution < 1.29 is 5.11 Å². The number of hydrogen-bond donors (Lipinski definition) is 1. The van der Waals surface area contributed by atoms with Crippen LogP contribution in [0.3, 0.4) is 0 Å². The van der Waals surface area contributed by atoms with Crippen molar-refractivity contribution in [3.63, 3.8) is 0 Å². The van der Waals surface area contributed by atoms with Crippen LogP contribution in [0.15, 0.2) is 24.3 Å². The standard InChI is InChI=1S/C14H22O/c1-13(2,3)11-7-6-8-12(9-11)14(4,5)10-15/h6-9,15H,10H2,1-5H3. The summed E-state index contributed by atoms with van der Waals surface area (Å²) >= 11 is 0. The van der Waals surface area contributed by atoms with Crippen molar-refractivity contribution in [2.75, 3.05) is 6.61 Å². The van der Waals surface area contributed by atoms with Crippen LogP contribution in [0.2, 0.25) is 0 Å². The van der Waals surface area contributed by atoms with Gasteiger partial charge in [-0.2, -0.15) is 0 Å². The van der Waals surface area contributed by atoms with E-state index >= 15 is 0 Å². The first-order valence-corrected chi connectivity index (χ1v) is 5.49. The monoisotopic (exact) mass is 206 g/mol. The fraction of sp³-hybridized carbons (Fsp3) is 0.571. The number of aliphatic hydroxyl groups is 1. The molecule has 1 N–H and O–H groups in total. The number of hydrogen-bond acceptors (Lipinski definition) is 1. The summed E-state index contributed by atoms with van der Waals surface area (Å²) in [4.78, 5) is 0. The van der Waals surface area contributed by atoms with Gasteiger partial charge >= 0.3 is 0 Å². The highest BCUT2D eigenvalue weighted by Gasteiger charge is 2.21. The summed E-state index contributed by atoms with van der Waals surface area (Å²) < 4.78 is 0. The molecule has 0 amide bonds. The lowest BCUT2D eigenvalue weighted by molar-refractivity contribution is 0.218. The van der Waals surface area contributed by atoms with Gasteiger partial charge in [0.05, 0.1) is 6.61 Å². The first kappa shape index (κ1) is 12.3. The van der Waals surface area contributed by atoms with Gasteiger partial charge in [0.15, 0.2) is 0 Å². The molecule has 0 heterocycles. The molecule has 1 heteroatoms. The van der Waals surface area contributed by atoms with E-state index in [-0.39, 0.29) is 17.4 Å². The topological polar surface area (TPSA) is 20.2 Å². The highest BCUT2D eigenvalue weighted by molar-refractivity contribution is 5.32. The molecule has 84 valence electrons. The smallest absolute Gasteiger partial charge is 0.0522 e. The van der Waals surface area contributed by atoms with Crippen LogP contribution in [0.5, 0.6) is 0 Å². The molecule has 1 rings (SSSR count). The molecule has 1 aromatic rings. The molecular formula is C14H22O. The predicted molar refractivity (Wildman–Crippen MR) is 65.3 cm³/mol. The van der Waals surface area contributed by atoms with Crippen LogP contribution in [-0.4, -0.2) is 11.7 Å². The molecule has 0 aliphatic heterocycles. The van der Waals surface area contributed by atoms with Gasteiger partial charge < -0.3 is 5.11 Å². The zero-order valence-corrected chi connectivity index (χ0v) is 10.5. The molecule has 0 radical (unpaired) electrons. The molecule has 0 atom stereocenters. The van der Waals surface area contributed by atoms with E-state index in [1.807, 2.05) is 0 Å². The van der Waals surface area contributed by atoms with Crippen LogP contribution in [0.1, 0.15) is 45.7 Å². The summed E-state index contributed by atoms with van der Waals surface area (Å²) in [5, 5.41) is 9.34. The van der Waals surface area contributed by atoms with Gasteiger partial charge in [0.2, 0.25) is 0 Å². The second-order valence-electron chi connectivity index (χ2n) is 5.87. The van der Waals surface area contributed by atoms with E-state index in [0.717, 1.165) is 0 Å². The molecule has 0 fully saturated rings. The lowest BCUT2D eigenvalue weighted by Crippen LogP contribution is -2.23. The normalized spacial score (nSPS) is 12.9. The SMILES string of the molecule is CC(C)(C)c1cccc(C(C)(C)CO)c1. The van der Waals surface area contributed by atoms with Gasteiger partial charge in [0, 0.05) is 5.41 Å². The molecular weight excluding hydrogens is 184 g/mol. The Morgan fingerprint density at radius 1 is 1.00 bits per heavy atom. The number of rotatable bonds is 2. The van der Waals surface area contributed by atoms with Gasteiger partial charge in [-0.15, -0.1) is 0 Å². The summed E-state index contributed by atoms with van der Waals surface area (Å²) in [5.74, 6) is 0. The third-order valence-electron chi connectivity index (χ3n) is 2.91. The molecule has 0 aromatic heterocycles. The molecule has 1 aromatic carbocycles. The Balaban J connectivity index is 3.14. The van der Waals surface area contributed by atoms with Crippen LogP contribution in [0.4, 0.5) is 0 Å². The van der Waals surface area contributed by atoms with E-state index in [1.54, 1.807) is 0 Å². The zero-order valence-electron chi connectivity index (χ0n) is 10.5. The van der Waals surface area contributed by atoms with Crippen molar-refractivity contribution in [1.29, 1.82) is 0 Å². The number of benzene rings is 1. The van der Waals surface area contributed by atoms with Crippen molar-refractivity contribution in [1.82, 2.24) is 0 Å². The van der Waals surface area contributed by atoms with Gasteiger partial charge in [-0.25, -0.2) is 0 Å². The van der Waals surface area contributed by atoms with Crippen molar-refractivity contribution >= 4 is 0 Å². The average Bonchev–Trinajstić information content (AvgIpc) is 2.17. The van der Waals surface area contributed by atoms with Gasteiger partial charge in [-0.05, 0) is 16.5 Å². The zero-order chi connectivity index (χ0) is 11.7. The summed E-state index contributed by atoms with van der Waals surface area (Å²) in [5.41, 5.74) is 2.54. The third-order valence-corrected chi connectivity index (χ3v) is 2.91. The van der Waals surface area contributed by atoms with E-state index in [4.69, 9.17) is 0 Å². The largest absolute Gasteiger partial charge is 0.395 e. The van der Waals surface area contributed by atoms with Crippen molar-refractivity contribution in [2.24, 2.45) is 0 Å². The first-order chi connectivity index (χ1) is 6.77. The molecule has 0 aliphatic rings. The fourth-order valence-electron chi connectivity index (χ4n) is 1.50. The molecule has 0 bridgehead atoms. The maximum Gasteiger partial charge on any atom is 0.0522 e. The Bertz CT molecular complexity index is 331. The summed E-state index contributed by atoms with van der Waals surface area (Å²) in [6, 6.07) is 8.52. The van der Waals surface area contributed by atoms with E-state index in [2.05, 4.69) is 58.9 Å². The summed E-state index contributed by atoms with van der Waals surface area (Å²) in [6.45, 7) is 10.9. The lowest BCUT2D eigenvalue weighted by atomic mass is 9.80. The van der Waals surface area contributed by atoms with E-state index in [1.165, 1.54) is 11.1 Å². The molecule has 15 heavy (non-hydrogen) atoms. The van der Waals surface area contributed by atoms with Crippen molar-refractivity contribution in [3.8, 4) is 0 Å². The van der Waals surface area contributed by atoms with E-state index < -0.39 is 0 Å². The Kier molecular flexibility index (Phi) is 3.25. The Morgan fingerprint density at radius 2 is 1.53 bits per heavy atom. The summed E-state index contributed by atoms with van der Waals surface area (Å²) in [7, 11) is 0. The maximum absolute atomic E-state index is 9.34. The van der Waals surface area contributed by atoms with Crippen LogP contribution in [0, 0.1) is 0 Å². The molecule has 0 saturated carbocycles. The second kappa shape index (κ2) is 3.97. The van der Waals surface area contributed by atoms with Gasteiger partial charge in [-0.1, -0.05) is 58.9 Å². The van der Waals surface area contributed by atoms with Gasteiger partial charge in [0.25, 0.3) is 0 Å². The Labute approximate surface area is 93.1 Å². The molecule has 1 nitrogen and oxygen atoms in total. The van der Waals surface area contributed by atoms with Crippen LogP contribution >= 0.6 is 0 Å². The Hall–Kier alpha value is -0.820. The third kappa shape index (κ3) is 2.82. The highest BCUT2D eigenvalue weighted by Crippen LogP contribution is 2.28. The Morgan fingerprint density at radius 3 is 2.00 bits per heavy atom. The highest BCUT2D eigenvalue weighted by atomic mass is 16.3. The maximum atomic E-state index is 9.34. The lowest BCUT2D eigenvalue weighted by Gasteiger charge is -2.26. The van der Waals surface area contributed by atoms with Crippen molar-refractivity contribution in [2.45, 2.75) is 45.4 Å². The second-order valence-corrected chi connectivity index (χ2v) is 5.87. The molecule has 0 aliphatic carbocycles. The van der Waals surface area contributed by atoms with E-state index in [9.17, 15) is 5.11 Å². The quantitative estimate of drug-likeness (QED) is 0.787. The van der Waals surface area contributed by atoms with E-state index in [0.29, 0.717) is 0 Å². The minimum absolute atomic E-state index is 0.152. The summed E-state index contributed by atoms with van der Waals surface area (Å²) in [6.07, 6.45) is 0. The minimum atomic E-state index is -0.152.